The smallest absolute Gasteiger partial charge is 0.269 e. The number of carbonyl (C=O) groups excluding carboxylic acids is 1. The highest BCUT2D eigenvalue weighted by molar-refractivity contribution is 8.19. The summed E-state index contributed by atoms with van der Waals surface area (Å²) in [6.07, 6.45) is 0. The number of benzene rings is 2. The second-order valence-electron chi connectivity index (χ2n) is 5.94. The van der Waals surface area contributed by atoms with Crippen LogP contribution in [0.5, 0.6) is 5.75 Å². The normalized spacial score (nSPS) is 20.6. The number of likely N-dealkylation sites (N-methyl/N-ethyl adjacent to an activating group) is 1. The topological polar surface area (TPSA) is 45.1 Å². The number of ether oxygens (including phenoxy) is 1. The van der Waals surface area contributed by atoms with Crippen LogP contribution in [0.4, 0.5) is 11.4 Å². The van der Waals surface area contributed by atoms with E-state index in [1.165, 1.54) is 11.8 Å². The summed E-state index contributed by atoms with van der Waals surface area (Å²) < 4.78 is 5.32. The Morgan fingerprint density at radius 2 is 1.85 bits per heavy atom. The van der Waals surface area contributed by atoms with Gasteiger partial charge in [-0.3, -0.25) is 9.69 Å². The Labute approximate surface area is 171 Å². The molecule has 0 spiro atoms. The molecule has 0 atom stereocenters. The molecule has 138 valence electrons. The number of nitrogens with zero attached hydrogens (tertiary/aromatic N) is 3. The van der Waals surface area contributed by atoms with Gasteiger partial charge in [0.2, 0.25) is 0 Å². The number of carbonyl (C=O) groups is 1. The van der Waals surface area contributed by atoms with Crippen molar-refractivity contribution in [3.05, 3.63) is 57.4 Å². The van der Waals surface area contributed by atoms with Crippen LogP contribution in [0.15, 0.2) is 62.3 Å². The lowest BCUT2D eigenvalue weighted by Gasteiger charge is -2.15. The van der Waals surface area contributed by atoms with Crippen LogP contribution in [0.25, 0.3) is 0 Å². The second-order valence-corrected chi connectivity index (χ2v) is 8.36. The van der Waals surface area contributed by atoms with E-state index in [1.54, 1.807) is 36.9 Å². The van der Waals surface area contributed by atoms with Crippen molar-refractivity contribution in [1.82, 2.24) is 4.90 Å². The van der Waals surface area contributed by atoms with Crippen molar-refractivity contribution in [3.63, 3.8) is 0 Å². The third-order valence-electron chi connectivity index (χ3n) is 4.28. The molecule has 0 saturated carbocycles. The van der Waals surface area contributed by atoms with Crippen LogP contribution in [0.2, 0.25) is 5.02 Å². The molecule has 1 fully saturated rings. The molecule has 2 aliphatic heterocycles. The number of rotatable bonds is 2. The molecule has 0 bridgehead atoms. The van der Waals surface area contributed by atoms with E-state index in [2.05, 4.69) is 4.99 Å². The Bertz CT molecular complexity index is 1010. The highest BCUT2D eigenvalue weighted by Crippen LogP contribution is 2.50. The predicted octanol–water partition coefficient (Wildman–Crippen LogP) is 4.95. The molecule has 2 aromatic carbocycles. The Kier molecular flexibility index (Phi) is 4.84. The lowest BCUT2D eigenvalue weighted by atomic mass is 10.3. The zero-order valence-electron chi connectivity index (χ0n) is 14.9. The van der Waals surface area contributed by atoms with Crippen LogP contribution < -0.4 is 9.64 Å². The van der Waals surface area contributed by atoms with Crippen molar-refractivity contribution >= 4 is 57.6 Å². The van der Waals surface area contributed by atoms with Gasteiger partial charge >= 0.3 is 0 Å². The summed E-state index contributed by atoms with van der Waals surface area (Å²) in [5, 5.41) is 2.06. The van der Waals surface area contributed by atoms with E-state index in [9.17, 15) is 4.79 Å². The van der Waals surface area contributed by atoms with Crippen LogP contribution in [0, 0.1) is 0 Å². The standard InChI is InChI=1S/C19H16ClN3O2S2/c1-22-14-10-11(25-3)8-9-15(14)26-18(22)16-17(24)23(2)19(27-16)21-13-7-5-4-6-12(13)20/h4-10H,1-3H3. The van der Waals surface area contributed by atoms with E-state index in [0.717, 1.165) is 21.4 Å². The number of fused-ring (bicyclic) bond motifs is 1. The van der Waals surface area contributed by atoms with Crippen LogP contribution in [0.3, 0.4) is 0 Å². The number of thioether (sulfide) groups is 2. The Hall–Kier alpha value is -2.09. The summed E-state index contributed by atoms with van der Waals surface area (Å²) in [7, 11) is 5.33. The number of hydrogen-bond donors (Lipinski definition) is 0. The Balaban J connectivity index is 1.71. The number of halogens is 1. The van der Waals surface area contributed by atoms with Crippen LogP contribution in [-0.4, -0.2) is 37.2 Å². The minimum atomic E-state index is -0.0695. The average molecular weight is 418 g/mol. The first kappa shape index (κ1) is 18.3. The summed E-state index contributed by atoms with van der Waals surface area (Å²) in [6, 6.07) is 13.2. The molecule has 1 amide bonds. The number of hydrogen-bond acceptors (Lipinski definition) is 6. The number of para-hydroxylation sites is 1. The second kappa shape index (κ2) is 7.14. The van der Waals surface area contributed by atoms with Gasteiger partial charge in [-0.1, -0.05) is 35.5 Å². The quantitative estimate of drug-likeness (QED) is 0.646. The lowest BCUT2D eigenvalue weighted by Crippen LogP contribution is -2.24. The monoisotopic (exact) mass is 417 g/mol. The van der Waals surface area contributed by atoms with Gasteiger partial charge in [0, 0.05) is 25.1 Å². The maximum Gasteiger partial charge on any atom is 0.269 e. The van der Waals surface area contributed by atoms with E-state index in [0.29, 0.717) is 20.8 Å². The number of anilines is 1. The fourth-order valence-corrected chi connectivity index (χ4v) is 5.26. The third kappa shape index (κ3) is 3.20. The maximum atomic E-state index is 12.9. The van der Waals surface area contributed by atoms with Gasteiger partial charge in [-0.2, -0.15) is 0 Å². The molecule has 0 N–H and O–H groups in total. The SMILES string of the molecule is COc1ccc2c(c1)N(C)C(=C1SC(=Nc3ccccc3Cl)N(C)C1=O)S2. The highest BCUT2D eigenvalue weighted by atomic mass is 35.5. The van der Waals surface area contributed by atoms with E-state index < -0.39 is 0 Å². The van der Waals surface area contributed by atoms with E-state index in [-0.39, 0.29) is 5.91 Å². The van der Waals surface area contributed by atoms with Crippen molar-refractivity contribution in [2.24, 2.45) is 4.99 Å². The van der Waals surface area contributed by atoms with E-state index in [1.807, 2.05) is 48.3 Å². The van der Waals surface area contributed by atoms with Gasteiger partial charge < -0.3 is 9.64 Å². The molecule has 1 saturated heterocycles. The molecule has 5 nitrogen and oxygen atoms in total. The maximum absolute atomic E-state index is 12.9. The first-order valence-corrected chi connectivity index (χ1v) is 10.1. The Morgan fingerprint density at radius 3 is 2.59 bits per heavy atom. The zero-order chi connectivity index (χ0) is 19.1. The zero-order valence-corrected chi connectivity index (χ0v) is 17.3. The average Bonchev–Trinajstić information content (AvgIpc) is 3.14. The highest BCUT2D eigenvalue weighted by Gasteiger charge is 2.37. The summed E-state index contributed by atoms with van der Waals surface area (Å²) in [6.45, 7) is 0. The van der Waals surface area contributed by atoms with Crippen LogP contribution in [-0.2, 0) is 4.79 Å². The summed E-state index contributed by atoms with van der Waals surface area (Å²) in [5.74, 6) is 0.718. The third-order valence-corrected chi connectivity index (χ3v) is 7.09. The van der Waals surface area contributed by atoms with E-state index in [4.69, 9.17) is 16.3 Å². The van der Waals surface area contributed by atoms with Gasteiger partial charge in [0.05, 0.1) is 28.5 Å². The van der Waals surface area contributed by atoms with Gasteiger partial charge in [0.15, 0.2) is 5.17 Å². The molecule has 4 rings (SSSR count). The molecule has 27 heavy (non-hydrogen) atoms. The van der Waals surface area contributed by atoms with Gasteiger partial charge in [0.25, 0.3) is 5.91 Å². The van der Waals surface area contributed by atoms with Gasteiger partial charge in [0.1, 0.15) is 10.7 Å². The largest absolute Gasteiger partial charge is 0.497 e. The number of amides is 1. The first-order chi connectivity index (χ1) is 13.0. The molecule has 8 heteroatoms. The van der Waals surface area contributed by atoms with Crippen LogP contribution in [0.1, 0.15) is 0 Å². The summed E-state index contributed by atoms with van der Waals surface area (Å²) in [5.41, 5.74) is 1.67. The summed E-state index contributed by atoms with van der Waals surface area (Å²) >= 11 is 9.15. The minimum absolute atomic E-state index is 0.0695. The van der Waals surface area contributed by atoms with Gasteiger partial charge in [-0.15, -0.1) is 0 Å². The molecule has 0 aliphatic carbocycles. The van der Waals surface area contributed by atoms with Gasteiger partial charge in [-0.05, 0) is 36.0 Å². The van der Waals surface area contributed by atoms with E-state index >= 15 is 0 Å². The molecular formula is C19H16ClN3O2S2. The molecule has 2 aromatic rings. The molecule has 0 aromatic heterocycles. The minimum Gasteiger partial charge on any atom is -0.497 e. The van der Waals surface area contributed by atoms with Crippen molar-refractivity contribution in [2.45, 2.75) is 4.90 Å². The number of aliphatic imine (C=N–C) groups is 1. The van der Waals surface area contributed by atoms with Crippen molar-refractivity contribution in [3.8, 4) is 5.75 Å². The van der Waals surface area contributed by atoms with Gasteiger partial charge in [-0.25, -0.2) is 4.99 Å². The van der Waals surface area contributed by atoms with Crippen molar-refractivity contribution < 1.29 is 9.53 Å². The van der Waals surface area contributed by atoms with Crippen molar-refractivity contribution in [1.29, 1.82) is 0 Å². The van der Waals surface area contributed by atoms with Crippen molar-refractivity contribution in [2.75, 3.05) is 26.1 Å². The lowest BCUT2D eigenvalue weighted by molar-refractivity contribution is -0.121. The van der Waals surface area contributed by atoms with Crippen LogP contribution >= 0.6 is 35.1 Å². The first-order valence-electron chi connectivity index (χ1n) is 8.12. The molecule has 0 unspecified atom stereocenters. The fraction of sp³-hybridized carbons (Fsp3) is 0.158. The molecule has 2 aliphatic rings. The summed E-state index contributed by atoms with van der Waals surface area (Å²) in [4.78, 5) is 22.8. The molecule has 0 radical (unpaired) electrons. The molecule has 2 heterocycles. The number of amidine groups is 1. The fourth-order valence-electron chi connectivity index (χ4n) is 2.77. The predicted molar refractivity (Wildman–Crippen MR) is 113 cm³/mol. The Morgan fingerprint density at radius 1 is 1.07 bits per heavy atom. The molecular weight excluding hydrogens is 402 g/mol. The number of methoxy groups -OCH3 is 1.